The fourth-order valence-electron chi connectivity index (χ4n) is 5.35. The van der Waals surface area contributed by atoms with E-state index in [1.54, 1.807) is 28.4 Å². The SMILES string of the molecule is COc1ccc(-c2nc3ccc(C(=O)N[C@H]4CCCC[C@@H]4C)cc3nc2-c2ccc(OC)c(OC)c2)cc1OC. The first-order valence-electron chi connectivity index (χ1n) is 13.5. The van der Waals surface area contributed by atoms with Gasteiger partial charge in [0.25, 0.3) is 5.91 Å². The smallest absolute Gasteiger partial charge is 0.251 e. The van der Waals surface area contributed by atoms with Gasteiger partial charge in [0.15, 0.2) is 23.0 Å². The van der Waals surface area contributed by atoms with Crippen molar-refractivity contribution in [2.24, 2.45) is 5.92 Å². The van der Waals surface area contributed by atoms with Crippen molar-refractivity contribution in [2.45, 2.75) is 38.6 Å². The fourth-order valence-corrected chi connectivity index (χ4v) is 5.35. The van der Waals surface area contributed by atoms with Crippen molar-refractivity contribution >= 4 is 16.9 Å². The number of benzene rings is 3. The van der Waals surface area contributed by atoms with Crippen LogP contribution < -0.4 is 24.3 Å². The van der Waals surface area contributed by atoms with E-state index in [4.69, 9.17) is 28.9 Å². The van der Waals surface area contributed by atoms with Gasteiger partial charge in [0.05, 0.1) is 50.9 Å². The molecule has 1 amide bonds. The summed E-state index contributed by atoms with van der Waals surface area (Å²) in [5.74, 6) is 2.79. The van der Waals surface area contributed by atoms with Crippen LogP contribution in [0.4, 0.5) is 0 Å². The number of methoxy groups -OCH3 is 4. The number of carbonyl (C=O) groups is 1. The Bertz CT molecular complexity index is 1540. The van der Waals surface area contributed by atoms with Crippen LogP contribution in [0.5, 0.6) is 23.0 Å². The van der Waals surface area contributed by atoms with Crippen LogP contribution in [0.1, 0.15) is 43.0 Å². The van der Waals surface area contributed by atoms with Crippen LogP contribution in [-0.4, -0.2) is 50.4 Å². The van der Waals surface area contributed by atoms with Gasteiger partial charge in [-0.1, -0.05) is 19.8 Å². The maximum Gasteiger partial charge on any atom is 0.251 e. The van der Waals surface area contributed by atoms with Crippen molar-refractivity contribution in [1.29, 1.82) is 0 Å². The number of nitrogens with zero attached hydrogens (tertiary/aromatic N) is 2. The molecule has 2 atom stereocenters. The number of hydrogen-bond donors (Lipinski definition) is 1. The maximum atomic E-state index is 13.2. The summed E-state index contributed by atoms with van der Waals surface area (Å²) in [5, 5.41) is 3.24. The molecule has 4 aromatic rings. The molecule has 0 spiro atoms. The highest BCUT2D eigenvalue weighted by Crippen LogP contribution is 2.39. The molecular formula is C32H35N3O5. The van der Waals surface area contributed by atoms with Crippen molar-refractivity contribution < 1.29 is 23.7 Å². The van der Waals surface area contributed by atoms with Crippen molar-refractivity contribution in [2.75, 3.05) is 28.4 Å². The molecule has 5 rings (SSSR count). The Morgan fingerprint density at radius 1 is 0.700 bits per heavy atom. The Balaban J connectivity index is 1.62. The Labute approximate surface area is 234 Å². The standard InChI is InChI=1S/C32H35N3O5/c1-19-8-6-7-9-23(19)35-32(36)22-10-13-24-25(16-22)34-31(21-12-15-27(38-3)29(18-21)40-5)30(33-24)20-11-14-26(37-2)28(17-20)39-4/h10-19,23H,6-9H2,1-5H3,(H,35,36)/t19-,23-/m0/s1. The molecular weight excluding hydrogens is 506 g/mol. The zero-order valence-corrected chi connectivity index (χ0v) is 23.6. The number of fused-ring (bicyclic) bond motifs is 1. The Morgan fingerprint density at radius 2 is 1.25 bits per heavy atom. The van der Waals surface area contributed by atoms with E-state index in [0.29, 0.717) is 56.9 Å². The predicted octanol–water partition coefficient (Wildman–Crippen LogP) is 6.31. The minimum Gasteiger partial charge on any atom is -0.493 e. The molecule has 1 N–H and O–H groups in total. The Morgan fingerprint density at radius 3 is 1.80 bits per heavy atom. The quantitative estimate of drug-likeness (QED) is 0.280. The molecule has 0 unspecified atom stereocenters. The second kappa shape index (κ2) is 11.8. The van der Waals surface area contributed by atoms with E-state index < -0.39 is 0 Å². The topological polar surface area (TPSA) is 91.8 Å². The van der Waals surface area contributed by atoms with Gasteiger partial charge in [-0.3, -0.25) is 4.79 Å². The average Bonchev–Trinajstić information content (AvgIpc) is 3.00. The molecule has 0 saturated heterocycles. The highest BCUT2D eigenvalue weighted by atomic mass is 16.5. The van der Waals surface area contributed by atoms with E-state index in [1.807, 2.05) is 54.6 Å². The molecule has 1 fully saturated rings. The fraction of sp³-hybridized carbons (Fsp3) is 0.344. The van der Waals surface area contributed by atoms with Crippen molar-refractivity contribution in [3.8, 4) is 45.5 Å². The molecule has 40 heavy (non-hydrogen) atoms. The summed E-state index contributed by atoms with van der Waals surface area (Å²) in [7, 11) is 6.40. The Kier molecular flexibility index (Phi) is 8.05. The summed E-state index contributed by atoms with van der Waals surface area (Å²) in [6, 6.07) is 17.0. The summed E-state index contributed by atoms with van der Waals surface area (Å²) in [5.41, 5.74) is 4.77. The van der Waals surface area contributed by atoms with Gasteiger partial charge in [0, 0.05) is 22.7 Å². The number of nitrogens with one attached hydrogen (secondary N) is 1. The molecule has 0 radical (unpaired) electrons. The van der Waals surface area contributed by atoms with Crippen LogP contribution in [0, 0.1) is 5.92 Å². The zero-order valence-electron chi connectivity index (χ0n) is 23.6. The number of ether oxygens (including phenoxy) is 4. The predicted molar refractivity (Wildman–Crippen MR) is 156 cm³/mol. The van der Waals surface area contributed by atoms with E-state index >= 15 is 0 Å². The van der Waals surface area contributed by atoms with Gasteiger partial charge in [0.2, 0.25) is 0 Å². The second-order valence-electron chi connectivity index (χ2n) is 10.1. The molecule has 1 heterocycles. The zero-order chi connectivity index (χ0) is 28.2. The number of amides is 1. The number of aromatic nitrogens is 2. The number of rotatable bonds is 8. The van der Waals surface area contributed by atoms with Gasteiger partial charge in [-0.25, -0.2) is 9.97 Å². The molecule has 8 nitrogen and oxygen atoms in total. The molecule has 0 bridgehead atoms. The molecule has 3 aromatic carbocycles. The molecule has 1 saturated carbocycles. The summed E-state index contributed by atoms with van der Waals surface area (Å²) >= 11 is 0. The first-order chi connectivity index (χ1) is 19.4. The average molecular weight is 542 g/mol. The summed E-state index contributed by atoms with van der Waals surface area (Å²) < 4.78 is 22.0. The lowest BCUT2D eigenvalue weighted by Gasteiger charge is -2.29. The number of carbonyl (C=O) groups excluding carboxylic acids is 1. The second-order valence-corrected chi connectivity index (χ2v) is 10.1. The maximum absolute atomic E-state index is 13.2. The monoisotopic (exact) mass is 541 g/mol. The molecule has 1 aromatic heterocycles. The molecule has 1 aliphatic carbocycles. The lowest BCUT2D eigenvalue weighted by Crippen LogP contribution is -2.41. The summed E-state index contributed by atoms with van der Waals surface area (Å²) in [6.07, 6.45) is 4.52. The third-order valence-electron chi connectivity index (χ3n) is 7.67. The van der Waals surface area contributed by atoms with Crippen molar-refractivity contribution in [3.05, 3.63) is 60.2 Å². The van der Waals surface area contributed by atoms with Crippen LogP contribution in [0.25, 0.3) is 33.5 Å². The third-order valence-corrected chi connectivity index (χ3v) is 7.67. The largest absolute Gasteiger partial charge is 0.493 e. The van der Waals surface area contributed by atoms with Gasteiger partial charge in [0.1, 0.15) is 0 Å². The van der Waals surface area contributed by atoms with Gasteiger partial charge >= 0.3 is 0 Å². The van der Waals surface area contributed by atoms with Crippen LogP contribution in [0.3, 0.4) is 0 Å². The van der Waals surface area contributed by atoms with Crippen molar-refractivity contribution in [1.82, 2.24) is 15.3 Å². The lowest BCUT2D eigenvalue weighted by molar-refractivity contribution is 0.0910. The van der Waals surface area contributed by atoms with E-state index in [1.165, 1.54) is 6.42 Å². The van der Waals surface area contributed by atoms with Gasteiger partial charge in [-0.05, 0) is 73.4 Å². The van der Waals surface area contributed by atoms with Crippen LogP contribution >= 0.6 is 0 Å². The van der Waals surface area contributed by atoms with Crippen LogP contribution in [-0.2, 0) is 0 Å². The van der Waals surface area contributed by atoms with Gasteiger partial charge in [-0.2, -0.15) is 0 Å². The summed E-state index contributed by atoms with van der Waals surface area (Å²) in [6.45, 7) is 2.21. The molecule has 1 aliphatic rings. The van der Waals surface area contributed by atoms with E-state index in [9.17, 15) is 4.79 Å². The van der Waals surface area contributed by atoms with E-state index in [0.717, 1.165) is 30.4 Å². The minimum absolute atomic E-state index is 0.0842. The van der Waals surface area contributed by atoms with Crippen LogP contribution in [0.15, 0.2) is 54.6 Å². The minimum atomic E-state index is -0.0842. The molecule has 8 heteroatoms. The highest BCUT2D eigenvalue weighted by Gasteiger charge is 2.24. The first-order valence-corrected chi connectivity index (χ1v) is 13.5. The summed E-state index contributed by atoms with van der Waals surface area (Å²) in [4.78, 5) is 23.3. The third kappa shape index (κ3) is 5.39. The lowest BCUT2D eigenvalue weighted by atomic mass is 9.86. The van der Waals surface area contributed by atoms with Gasteiger partial charge < -0.3 is 24.3 Å². The van der Waals surface area contributed by atoms with E-state index in [-0.39, 0.29) is 11.9 Å². The van der Waals surface area contributed by atoms with Crippen LogP contribution in [0.2, 0.25) is 0 Å². The number of hydrogen-bond acceptors (Lipinski definition) is 7. The highest BCUT2D eigenvalue weighted by molar-refractivity contribution is 5.98. The van der Waals surface area contributed by atoms with Crippen molar-refractivity contribution in [3.63, 3.8) is 0 Å². The molecule has 208 valence electrons. The van der Waals surface area contributed by atoms with Gasteiger partial charge in [-0.15, -0.1) is 0 Å². The normalized spacial score (nSPS) is 16.8. The molecule has 0 aliphatic heterocycles. The first kappa shape index (κ1) is 27.2. The Hall–Kier alpha value is -4.33. The van der Waals surface area contributed by atoms with E-state index in [2.05, 4.69) is 12.2 Å².